The molecule has 1 aliphatic carbocycles. The van der Waals surface area contributed by atoms with Crippen LogP contribution in [0, 0.1) is 93.1 Å². The Morgan fingerprint density at radius 2 is 0.600 bits per heavy atom. The average molecular weight is 688 g/mol. The average Bonchev–Trinajstić information content (AvgIpc) is 3.24. The Morgan fingerprint density at radius 1 is 0.311 bits per heavy atom. The molecule has 0 heterocycles. The van der Waals surface area contributed by atoms with Crippen LogP contribution in [0.3, 0.4) is 0 Å². The van der Waals surface area contributed by atoms with Crippen molar-refractivity contribution < 1.29 is 79.0 Å². The summed E-state index contributed by atoms with van der Waals surface area (Å²) in [4.78, 5) is 0. The topological polar surface area (TPSA) is 0 Å². The lowest BCUT2D eigenvalue weighted by molar-refractivity contribution is 0.0384. The lowest BCUT2D eigenvalue weighted by Crippen LogP contribution is -2.28. The molecule has 0 saturated carbocycles. The second-order valence-electron chi connectivity index (χ2n) is 9.10. The van der Waals surface area contributed by atoms with Crippen molar-refractivity contribution in [2.45, 2.75) is 5.92 Å². The Kier molecular flexibility index (Phi) is 7.42. The first kappa shape index (κ1) is 32.4. The molecule has 0 N–H and O–H groups in total. The highest BCUT2D eigenvalue weighted by atomic mass is 31.1. The van der Waals surface area contributed by atoms with Gasteiger partial charge in [0, 0.05) is 22.0 Å². The molecule has 45 heavy (non-hydrogen) atoms. The van der Waals surface area contributed by atoms with Crippen LogP contribution in [-0.2, 0) is 5.92 Å². The summed E-state index contributed by atoms with van der Waals surface area (Å²) in [5.74, 6) is -51.6. The summed E-state index contributed by atoms with van der Waals surface area (Å²) < 4.78 is 262. The van der Waals surface area contributed by atoms with Gasteiger partial charge < -0.3 is 0 Å². The summed E-state index contributed by atoms with van der Waals surface area (Å²) in [6.07, 6.45) is 0. The molecular weight excluding hydrogens is 685 g/mol. The number of rotatable bonds is 3. The van der Waals surface area contributed by atoms with E-state index in [0.29, 0.717) is 0 Å². The van der Waals surface area contributed by atoms with Crippen molar-refractivity contribution >= 4 is 18.5 Å². The minimum atomic E-state index is -5.36. The van der Waals surface area contributed by atoms with E-state index in [-0.39, 0.29) is 6.66 Å². The first-order valence-electron chi connectivity index (χ1n) is 11.3. The van der Waals surface area contributed by atoms with Gasteiger partial charge in [0.05, 0.1) is 22.0 Å². The normalized spacial score (nSPS) is 14.2. The molecule has 0 fully saturated rings. The lowest BCUT2D eigenvalue weighted by Gasteiger charge is -2.23. The third-order valence-corrected chi connectivity index (χ3v) is 8.97. The number of benzene rings is 4. The standard InChI is InChI=1S/C26H3F18P/c1-45(24-5(11(30)18(37)21(40)23(24)42)4-9(28)16(35)20(39)17(36)10(4)29)25-12(31)3-2-6(13(32)19(38)15(34)8(2)27)26(43,44)7(3)14(33)22(25)41/h1H3. The van der Waals surface area contributed by atoms with Crippen molar-refractivity contribution in [3.63, 3.8) is 0 Å². The van der Waals surface area contributed by atoms with Crippen molar-refractivity contribution in [1.29, 1.82) is 0 Å². The Hall–Kier alpha value is -3.95. The van der Waals surface area contributed by atoms with Gasteiger partial charge in [0.25, 0.3) is 0 Å². The van der Waals surface area contributed by atoms with Gasteiger partial charge in [-0.2, -0.15) is 8.78 Å². The highest BCUT2D eigenvalue weighted by Gasteiger charge is 2.55. The lowest BCUT2D eigenvalue weighted by atomic mass is 10.0. The molecule has 1 aliphatic rings. The molecule has 5 rings (SSSR count). The first-order chi connectivity index (χ1) is 20.7. The number of alkyl halides is 2. The van der Waals surface area contributed by atoms with E-state index in [1.54, 1.807) is 0 Å². The van der Waals surface area contributed by atoms with E-state index < -0.39 is 151 Å². The fourth-order valence-corrected chi connectivity index (χ4v) is 6.82. The first-order valence-corrected chi connectivity index (χ1v) is 13.1. The summed E-state index contributed by atoms with van der Waals surface area (Å²) in [7, 11) is -3.96. The number of hydrogen-bond acceptors (Lipinski definition) is 0. The number of halogens is 18. The Morgan fingerprint density at radius 3 is 1.07 bits per heavy atom. The fraction of sp³-hybridized carbons (Fsp3) is 0.0769. The van der Waals surface area contributed by atoms with Gasteiger partial charge in [-0.1, -0.05) is 0 Å². The predicted molar refractivity (Wildman–Crippen MR) is 118 cm³/mol. The fourth-order valence-electron chi connectivity index (χ4n) is 4.86. The van der Waals surface area contributed by atoms with Gasteiger partial charge in [0.2, 0.25) is 5.82 Å². The molecule has 0 aliphatic heterocycles. The van der Waals surface area contributed by atoms with Crippen LogP contribution in [0.5, 0.6) is 0 Å². The quantitative estimate of drug-likeness (QED) is 0.0875. The second-order valence-corrected chi connectivity index (χ2v) is 11.1. The van der Waals surface area contributed by atoms with Gasteiger partial charge in [-0.25, -0.2) is 70.2 Å². The van der Waals surface area contributed by atoms with E-state index in [1.807, 2.05) is 0 Å². The van der Waals surface area contributed by atoms with Gasteiger partial charge >= 0.3 is 5.92 Å². The Balaban J connectivity index is 1.95. The molecule has 0 amide bonds. The molecule has 4 aromatic rings. The number of hydrogen-bond donors (Lipinski definition) is 0. The van der Waals surface area contributed by atoms with Gasteiger partial charge in [-0.3, -0.25) is 0 Å². The Bertz CT molecular complexity index is 1990. The summed E-state index contributed by atoms with van der Waals surface area (Å²) >= 11 is 0. The molecule has 0 aromatic heterocycles. The van der Waals surface area contributed by atoms with Crippen molar-refractivity contribution in [2.24, 2.45) is 0 Å². The van der Waals surface area contributed by atoms with Crippen LogP contribution in [-0.4, -0.2) is 6.66 Å². The molecule has 19 heteroatoms. The minimum Gasteiger partial charge on any atom is -0.205 e. The zero-order chi connectivity index (χ0) is 33.9. The molecule has 1 unspecified atom stereocenters. The highest BCUT2D eigenvalue weighted by Crippen LogP contribution is 2.56. The van der Waals surface area contributed by atoms with Crippen LogP contribution in [0.2, 0.25) is 0 Å². The third kappa shape index (κ3) is 4.02. The van der Waals surface area contributed by atoms with E-state index >= 15 is 26.3 Å². The van der Waals surface area contributed by atoms with E-state index in [0.717, 1.165) is 0 Å². The van der Waals surface area contributed by atoms with Crippen LogP contribution in [0.1, 0.15) is 11.1 Å². The van der Waals surface area contributed by atoms with Crippen LogP contribution in [0.4, 0.5) is 79.0 Å². The van der Waals surface area contributed by atoms with Gasteiger partial charge in [0.15, 0.2) is 81.4 Å². The Labute approximate surface area is 237 Å². The molecule has 4 aromatic carbocycles. The van der Waals surface area contributed by atoms with E-state index in [1.165, 1.54) is 0 Å². The third-order valence-electron chi connectivity index (χ3n) is 6.82. The van der Waals surface area contributed by atoms with E-state index in [9.17, 15) is 52.7 Å². The SMILES string of the molecule is CP(c1c(F)c(F)c2c(c1F)-c1c(F)c(F)c(F)c(F)c1C2(F)F)c1c(F)c(F)c(F)c(F)c1-c1c(F)c(F)c(F)c(F)c1F. The van der Waals surface area contributed by atoms with Gasteiger partial charge in [-0.05, 0) is 14.6 Å². The predicted octanol–water partition coefficient (Wildman–Crippen LogP) is 8.76. The maximum atomic E-state index is 15.9. The molecule has 0 nitrogen and oxygen atoms in total. The molecule has 0 spiro atoms. The van der Waals surface area contributed by atoms with Gasteiger partial charge in [0.1, 0.15) is 5.82 Å². The van der Waals surface area contributed by atoms with Crippen molar-refractivity contribution in [2.75, 3.05) is 6.66 Å². The van der Waals surface area contributed by atoms with Crippen LogP contribution >= 0.6 is 7.92 Å². The maximum absolute atomic E-state index is 15.9. The maximum Gasteiger partial charge on any atom is 0.305 e. The zero-order valence-electron chi connectivity index (χ0n) is 20.8. The highest BCUT2D eigenvalue weighted by molar-refractivity contribution is 7.72. The van der Waals surface area contributed by atoms with Crippen molar-refractivity contribution in [1.82, 2.24) is 0 Å². The largest absolute Gasteiger partial charge is 0.305 e. The zero-order valence-corrected chi connectivity index (χ0v) is 21.6. The molecule has 238 valence electrons. The molecule has 0 saturated heterocycles. The van der Waals surface area contributed by atoms with Crippen LogP contribution in [0.15, 0.2) is 0 Å². The van der Waals surface area contributed by atoms with Gasteiger partial charge in [-0.15, -0.1) is 0 Å². The van der Waals surface area contributed by atoms with Crippen molar-refractivity contribution in [3.05, 3.63) is 104 Å². The molecule has 1 atom stereocenters. The summed E-state index contributed by atoms with van der Waals surface area (Å²) in [5, 5.41) is -4.31. The van der Waals surface area contributed by atoms with Crippen LogP contribution < -0.4 is 10.6 Å². The summed E-state index contributed by atoms with van der Waals surface area (Å²) in [6.45, 7) is 0.226. The molecule has 0 radical (unpaired) electrons. The molecular formula is C26H3F18P. The van der Waals surface area contributed by atoms with E-state index in [4.69, 9.17) is 0 Å². The summed E-state index contributed by atoms with van der Waals surface area (Å²) in [6, 6.07) is 0. The minimum absolute atomic E-state index is 0.226. The van der Waals surface area contributed by atoms with E-state index in [2.05, 4.69) is 0 Å². The monoisotopic (exact) mass is 688 g/mol. The summed E-state index contributed by atoms with van der Waals surface area (Å²) in [5.41, 5.74) is -14.5. The number of fused-ring (bicyclic) bond motifs is 3. The second kappa shape index (κ2) is 10.3. The smallest absolute Gasteiger partial charge is 0.205 e. The van der Waals surface area contributed by atoms with Crippen molar-refractivity contribution in [3.8, 4) is 22.3 Å². The van der Waals surface area contributed by atoms with Crippen LogP contribution in [0.25, 0.3) is 22.3 Å². The molecule has 0 bridgehead atoms.